The van der Waals surface area contributed by atoms with Gasteiger partial charge < -0.3 is 9.47 Å². The van der Waals surface area contributed by atoms with E-state index in [0.717, 1.165) is 20.6 Å². The van der Waals surface area contributed by atoms with Crippen LogP contribution in [-0.4, -0.2) is 52.7 Å². The van der Waals surface area contributed by atoms with Crippen LogP contribution in [0.15, 0.2) is 70.7 Å². The summed E-state index contributed by atoms with van der Waals surface area (Å²) in [6, 6.07) is 17.8. The van der Waals surface area contributed by atoms with E-state index in [-0.39, 0.29) is 10.6 Å². The van der Waals surface area contributed by atoms with Crippen LogP contribution >= 0.6 is 0 Å². The normalized spacial score (nSPS) is 11.7. The zero-order valence-electron chi connectivity index (χ0n) is 17.4. The maximum atomic E-state index is 12.8. The number of likely N-dealkylation sites (N-methyl/N-ethyl adjacent to an activating group) is 1. The highest BCUT2D eigenvalue weighted by Gasteiger charge is 2.24. The van der Waals surface area contributed by atoms with Gasteiger partial charge in [0.05, 0.1) is 31.9 Å². The van der Waals surface area contributed by atoms with E-state index in [1.807, 2.05) is 42.5 Å². The van der Waals surface area contributed by atoms with Crippen molar-refractivity contribution in [3.05, 3.63) is 66.2 Å². The molecule has 0 atom stereocenters. The Labute approximate surface area is 181 Å². The largest absolute Gasteiger partial charge is 0.493 e. The Kier molecular flexibility index (Phi) is 6.88. The minimum absolute atomic E-state index is 0.0142. The summed E-state index contributed by atoms with van der Waals surface area (Å²) in [6.45, 7) is -0.399. The van der Waals surface area contributed by atoms with Crippen LogP contribution in [0.1, 0.15) is 5.56 Å². The monoisotopic (exact) mass is 441 g/mol. The summed E-state index contributed by atoms with van der Waals surface area (Å²) >= 11 is 0. The fourth-order valence-corrected chi connectivity index (χ4v) is 4.16. The van der Waals surface area contributed by atoms with Gasteiger partial charge in [0, 0.05) is 18.7 Å². The van der Waals surface area contributed by atoms with Crippen molar-refractivity contribution in [2.24, 2.45) is 5.10 Å². The summed E-state index contributed by atoms with van der Waals surface area (Å²) in [5.41, 5.74) is 3.21. The van der Waals surface area contributed by atoms with Crippen molar-refractivity contribution in [1.29, 1.82) is 0 Å². The number of benzene rings is 3. The van der Waals surface area contributed by atoms with Crippen LogP contribution in [0, 0.1) is 0 Å². The first-order valence-electron chi connectivity index (χ1n) is 9.35. The molecule has 8 nitrogen and oxygen atoms in total. The minimum Gasteiger partial charge on any atom is -0.493 e. The lowest BCUT2D eigenvalue weighted by Crippen LogP contribution is -2.36. The van der Waals surface area contributed by atoms with Gasteiger partial charge >= 0.3 is 0 Å². The van der Waals surface area contributed by atoms with Crippen molar-refractivity contribution < 1.29 is 22.7 Å². The molecular weight excluding hydrogens is 418 g/mol. The van der Waals surface area contributed by atoms with Crippen LogP contribution in [-0.2, 0) is 14.8 Å². The molecule has 0 saturated carbocycles. The topological polar surface area (TPSA) is 97.3 Å². The second-order valence-corrected chi connectivity index (χ2v) is 8.68. The van der Waals surface area contributed by atoms with E-state index in [1.165, 1.54) is 45.7 Å². The number of ether oxygens (including phenoxy) is 2. The number of fused-ring (bicyclic) bond motifs is 1. The highest BCUT2D eigenvalue weighted by atomic mass is 32.2. The van der Waals surface area contributed by atoms with Gasteiger partial charge in [-0.3, -0.25) is 4.79 Å². The fraction of sp³-hybridized carbons (Fsp3) is 0.182. The van der Waals surface area contributed by atoms with Crippen LogP contribution in [0.3, 0.4) is 0 Å². The third kappa shape index (κ3) is 5.01. The molecule has 0 bridgehead atoms. The maximum absolute atomic E-state index is 12.8. The van der Waals surface area contributed by atoms with E-state index < -0.39 is 22.5 Å². The summed E-state index contributed by atoms with van der Waals surface area (Å²) in [7, 11) is 0.283. The van der Waals surface area contributed by atoms with E-state index in [0.29, 0.717) is 5.75 Å². The quantitative estimate of drug-likeness (QED) is 0.428. The number of sulfonamides is 1. The first-order chi connectivity index (χ1) is 14.9. The van der Waals surface area contributed by atoms with Crippen molar-refractivity contribution in [3.8, 4) is 11.5 Å². The third-order valence-corrected chi connectivity index (χ3v) is 6.45. The number of hydrazone groups is 1. The Hall–Kier alpha value is -3.43. The van der Waals surface area contributed by atoms with Crippen LogP contribution < -0.4 is 14.9 Å². The van der Waals surface area contributed by atoms with Crippen LogP contribution in [0.4, 0.5) is 0 Å². The molecule has 3 rings (SSSR count). The predicted molar refractivity (Wildman–Crippen MR) is 119 cm³/mol. The fourth-order valence-electron chi connectivity index (χ4n) is 3.02. The summed E-state index contributed by atoms with van der Waals surface area (Å²) < 4.78 is 36.8. The molecule has 162 valence electrons. The number of amides is 1. The van der Waals surface area contributed by atoms with Crippen molar-refractivity contribution in [3.63, 3.8) is 0 Å². The van der Waals surface area contributed by atoms with E-state index in [2.05, 4.69) is 10.5 Å². The molecule has 0 unspecified atom stereocenters. The Morgan fingerprint density at radius 3 is 2.48 bits per heavy atom. The number of nitrogens with one attached hydrogen (secondary N) is 1. The smallest absolute Gasteiger partial charge is 0.255 e. The highest BCUT2D eigenvalue weighted by Crippen LogP contribution is 2.30. The van der Waals surface area contributed by atoms with Gasteiger partial charge in [0.15, 0.2) is 11.5 Å². The van der Waals surface area contributed by atoms with Gasteiger partial charge in [-0.15, -0.1) is 0 Å². The van der Waals surface area contributed by atoms with Crippen molar-refractivity contribution >= 4 is 32.9 Å². The third-order valence-electron chi connectivity index (χ3n) is 4.65. The molecule has 0 fully saturated rings. The SMILES string of the molecule is COc1ccc(S(=O)(=O)N(C)CC(=O)N/N=C\c2cccc3ccccc23)cc1OC. The van der Waals surface area contributed by atoms with E-state index in [4.69, 9.17) is 9.47 Å². The van der Waals surface area contributed by atoms with Gasteiger partial charge in [-0.25, -0.2) is 13.8 Å². The Morgan fingerprint density at radius 1 is 1.03 bits per heavy atom. The average Bonchev–Trinajstić information content (AvgIpc) is 2.78. The lowest BCUT2D eigenvalue weighted by molar-refractivity contribution is -0.121. The Morgan fingerprint density at radius 2 is 1.74 bits per heavy atom. The molecule has 3 aromatic rings. The van der Waals surface area contributed by atoms with E-state index in [1.54, 1.807) is 0 Å². The second-order valence-electron chi connectivity index (χ2n) is 6.64. The standard InChI is InChI=1S/C22H23N3O5S/c1-25(31(27,28)18-11-12-20(29-2)21(13-18)30-3)15-22(26)24-23-14-17-9-6-8-16-7-4-5-10-19(16)17/h4-14H,15H2,1-3H3,(H,24,26)/b23-14-. The summed E-state index contributed by atoms with van der Waals surface area (Å²) in [5, 5.41) is 6.02. The summed E-state index contributed by atoms with van der Waals surface area (Å²) in [6.07, 6.45) is 1.53. The number of hydrogen-bond donors (Lipinski definition) is 1. The molecule has 0 spiro atoms. The maximum Gasteiger partial charge on any atom is 0.255 e. The van der Waals surface area contributed by atoms with E-state index >= 15 is 0 Å². The molecule has 0 heterocycles. The number of carbonyl (C=O) groups excluding carboxylic acids is 1. The predicted octanol–water partition coefficient (Wildman–Crippen LogP) is 2.63. The molecule has 31 heavy (non-hydrogen) atoms. The van der Waals surface area contributed by atoms with Gasteiger partial charge in [-0.1, -0.05) is 42.5 Å². The Balaban J connectivity index is 1.68. The summed E-state index contributed by atoms with van der Waals surface area (Å²) in [4.78, 5) is 12.2. The van der Waals surface area contributed by atoms with Crippen LogP contribution in [0.25, 0.3) is 10.8 Å². The lowest BCUT2D eigenvalue weighted by atomic mass is 10.1. The van der Waals surface area contributed by atoms with Gasteiger partial charge in [0.2, 0.25) is 10.0 Å². The number of nitrogens with zero attached hydrogens (tertiary/aromatic N) is 2. The van der Waals surface area contributed by atoms with Crippen molar-refractivity contribution in [2.45, 2.75) is 4.90 Å². The number of carbonyl (C=O) groups is 1. The first-order valence-corrected chi connectivity index (χ1v) is 10.8. The molecule has 0 aliphatic rings. The van der Waals surface area contributed by atoms with E-state index in [9.17, 15) is 13.2 Å². The van der Waals surface area contributed by atoms with Gasteiger partial charge in [0.1, 0.15) is 0 Å². The lowest BCUT2D eigenvalue weighted by Gasteiger charge is -2.17. The van der Waals surface area contributed by atoms with Crippen molar-refractivity contribution in [2.75, 3.05) is 27.8 Å². The molecule has 0 aromatic heterocycles. The Bertz CT molecular complexity index is 1220. The molecule has 0 saturated heterocycles. The van der Waals surface area contributed by atoms with Crippen LogP contribution in [0.5, 0.6) is 11.5 Å². The molecular formula is C22H23N3O5S. The highest BCUT2D eigenvalue weighted by molar-refractivity contribution is 7.89. The minimum atomic E-state index is -3.91. The molecule has 9 heteroatoms. The zero-order chi connectivity index (χ0) is 22.4. The van der Waals surface area contributed by atoms with Gasteiger partial charge in [-0.05, 0) is 22.9 Å². The molecule has 3 aromatic carbocycles. The molecule has 0 aliphatic carbocycles. The van der Waals surface area contributed by atoms with Crippen molar-refractivity contribution in [1.82, 2.24) is 9.73 Å². The second kappa shape index (κ2) is 9.59. The zero-order valence-corrected chi connectivity index (χ0v) is 18.2. The molecule has 0 radical (unpaired) electrons. The number of hydrogen-bond acceptors (Lipinski definition) is 6. The average molecular weight is 442 g/mol. The molecule has 1 N–H and O–H groups in total. The first kappa shape index (κ1) is 22.3. The molecule has 0 aliphatic heterocycles. The van der Waals surface area contributed by atoms with Crippen LogP contribution in [0.2, 0.25) is 0 Å². The van der Waals surface area contributed by atoms with Gasteiger partial charge in [0.25, 0.3) is 5.91 Å². The summed E-state index contributed by atoms with van der Waals surface area (Å²) in [5.74, 6) is 0.119. The number of rotatable bonds is 8. The van der Waals surface area contributed by atoms with Gasteiger partial charge in [-0.2, -0.15) is 9.41 Å². The number of methoxy groups -OCH3 is 2. The molecule has 1 amide bonds.